The number of ether oxygens (including phenoxy) is 1. The monoisotopic (exact) mass is 588 g/mol. The first-order valence-corrected chi connectivity index (χ1v) is 11.6. The van der Waals surface area contributed by atoms with E-state index in [1.165, 1.54) is 6.07 Å². The number of nitriles is 1. The molecule has 1 atom stereocenters. The lowest BCUT2D eigenvalue weighted by molar-refractivity contribution is -0.140. The second kappa shape index (κ2) is 12.5. The lowest BCUT2D eigenvalue weighted by Gasteiger charge is -2.20. The number of alkyl halides is 3. The highest BCUT2D eigenvalue weighted by molar-refractivity contribution is 5.85. The Kier molecular flexibility index (Phi) is 9.53. The van der Waals surface area contributed by atoms with Crippen molar-refractivity contribution in [1.29, 1.82) is 5.26 Å². The molecule has 5 aromatic rings. The van der Waals surface area contributed by atoms with Gasteiger partial charge in [0, 0.05) is 18.0 Å². The van der Waals surface area contributed by atoms with Gasteiger partial charge in [0.05, 0.1) is 53.2 Å². The molecule has 0 spiro atoms. The summed E-state index contributed by atoms with van der Waals surface area (Å²) in [4.78, 5) is 8.88. The largest absolute Gasteiger partial charge is 0.419 e. The van der Waals surface area contributed by atoms with Crippen molar-refractivity contribution in [3.8, 4) is 17.3 Å². The first-order chi connectivity index (χ1) is 18.2. The first-order valence-electron chi connectivity index (χ1n) is 11.6. The van der Waals surface area contributed by atoms with Crippen LogP contribution in [0.1, 0.15) is 34.1 Å². The van der Waals surface area contributed by atoms with Gasteiger partial charge in [0.1, 0.15) is 11.9 Å². The van der Waals surface area contributed by atoms with E-state index >= 15 is 0 Å². The molecule has 0 saturated heterocycles. The Morgan fingerprint density at radius 2 is 1.77 bits per heavy atom. The van der Waals surface area contributed by atoms with Crippen molar-refractivity contribution in [3.63, 3.8) is 0 Å². The smallest absolute Gasteiger partial charge is 0.363 e. The number of aryl methyl sites for hydroxylation is 1. The lowest BCUT2D eigenvalue weighted by atomic mass is 9.97. The quantitative estimate of drug-likeness (QED) is 0.190. The van der Waals surface area contributed by atoms with Crippen molar-refractivity contribution < 1.29 is 22.3 Å². The summed E-state index contributed by atoms with van der Waals surface area (Å²) in [7, 11) is 1.78. The summed E-state index contributed by atoms with van der Waals surface area (Å²) in [5.41, 5.74) is 2.66. The van der Waals surface area contributed by atoms with Gasteiger partial charge in [-0.3, -0.25) is 0 Å². The van der Waals surface area contributed by atoms with Crippen LogP contribution in [-0.2, 0) is 24.6 Å². The zero-order valence-electron chi connectivity index (χ0n) is 20.9. The number of hydrogen-bond donors (Lipinski definition) is 0. The van der Waals surface area contributed by atoms with Crippen molar-refractivity contribution >= 4 is 35.7 Å². The Morgan fingerprint density at radius 3 is 2.45 bits per heavy atom. The zero-order valence-corrected chi connectivity index (χ0v) is 22.5. The minimum absolute atomic E-state index is 0. The van der Waals surface area contributed by atoms with Crippen LogP contribution in [0.3, 0.4) is 0 Å². The van der Waals surface area contributed by atoms with Gasteiger partial charge in [-0.2, -0.15) is 18.4 Å². The Labute approximate surface area is 239 Å². The summed E-state index contributed by atoms with van der Waals surface area (Å²) >= 11 is 0. The number of halogens is 6. The van der Waals surface area contributed by atoms with Crippen molar-refractivity contribution in [3.05, 3.63) is 119 Å². The van der Waals surface area contributed by atoms with E-state index in [0.717, 1.165) is 17.0 Å². The molecule has 0 amide bonds. The van der Waals surface area contributed by atoms with Crippen LogP contribution < -0.4 is 0 Å². The normalized spacial score (nSPS) is 11.8. The molecule has 0 aliphatic heterocycles. The Bertz CT molecular complexity index is 1680. The minimum atomic E-state index is -4.78. The van der Waals surface area contributed by atoms with Gasteiger partial charge < -0.3 is 9.30 Å². The standard InChI is InChI=1S/C29H20F4N4O.2ClH/c1-37-17-35-15-27(37)28(38-16-18-6-10-23(24(30)12-18)29(31,32)33)20-7-8-21(14-34)22(13-20)26-11-9-19-4-2-3-5-25(19)36-26;;/h2-13,15,17,28H,16H2,1H3;2*1H. The second-order valence-corrected chi connectivity index (χ2v) is 8.74. The maximum absolute atomic E-state index is 14.1. The number of pyridine rings is 1. The fourth-order valence-corrected chi connectivity index (χ4v) is 4.28. The Balaban J connectivity index is 0.00000220. The first kappa shape index (κ1) is 30.6. The third kappa shape index (κ3) is 6.26. The fraction of sp³-hybridized carbons (Fsp3) is 0.138. The number of hydrogen-bond acceptors (Lipinski definition) is 4. The molecule has 0 fully saturated rings. The van der Waals surface area contributed by atoms with Crippen molar-refractivity contribution in [2.75, 3.05) is 0 Å². The molecule has 0 N–H and O–H groups in total. The Morgan fingerprint density at radius 1 is 1.00 bits per heavy atom. The number of aromatic nitrogens is 3. The topological polar surface area (TPSA) is 63.7 Å². The van der Waals surface area contributed by atoms with E-state index in [0.29, 0.717) is 34.1 Å². The summed E-state index contributed by atoms with van der Waals surface area (Å²) < 4.78 is 60.9. The van der Waals surface area contributed by atoms with E-state index < -0.39 is 23.7 Å². The number of para-hydroxylation sites is 1. The van der Waals surface area contributed by atoms with E-state index in [-0.39, 0.29) is 37.0 Å². The molecule has 2 aromatic heterocycles. The summed E-state index contributed by atoms with van der Waals surface area (Å²) in [6.07, 6.45) is -2.28. The molecule has 2 heterocycles. The molecule has 0 aliphatic carbocycles. The Hall–Kier alpha value is -3.97. The molecule has 0 radical (unpaired) electrons. The number of nitrogens with zero attached hydrogens (tertiary/aromatic N) is 4. The summed E-state index contributed by atoms with van der Waals surface area (Å²) in [6.45, 7) is -0.158. The van der Waals surface area contributed by atoms with Crippen molar-refractivity contribution in [2.24, 2.45) is 7.05 Å². The number of fused-ring (bicyclic) bond motifs is 1. The maximum Gasteiger partial charge on any atom is 0.419 e. The van der Waals surface area contributed by atoms with E-state index in [2.05, 4.69) is 11.1 Å². The average Bonchev–Trinajstić information content (AvgIpc) is 3.33. The highest BCUT2D eigenvalue weighted by Crippen LogP contribution is 2.34. The highest BCUT2D eigenvalue weighted by atomic mass is 35.5. The molecule has 11 heteroatoms. The lowest BCUT2D eigenvalue weighted by Crippen LogP contribution is -2.12. The van der Waals surface area contributed by atoms with Gasteiger partial charge in [-0.25, -0.2) is 14.4 Å². The minimum Gasteiger partial charge on any atom is -0.363 e. The van der Waals surface area contributed by atoms with Crippen LogP contribution in [0.2, 0.25) is 0 Å². The van der Waals surface area contributed by atoms with Gasteiger partial charge in [0.2, 0.25) is 0 Å². The van der Waals surface area contributed by atoms with Crippen LogP contribution >= 0.6 is 24.8 Å². The second-order valence-electron chi connectivity index (χ2n) is 8.74. The fourth-order valence-electron chi connectivity index (χ4n) is 4.28. The van der Waals surface area contributed by atoms with Crippen LogP contribution in [0.5, 0.6) is 0 Å². The third-order valence-corrected chi connectivity index (χ3v) is 6.22. The number of imidazole rings is 1. The average molecular weight is 589 g/mol. The molecule has 5 nitrogen and oxygen atoms in total. The summed E-state index contributed by atoms with van der Waals surface area (Å²) in [5, 5.41) is 10.7. The van der Waals surface area contributed by atoms with Gasteiger partial charge in [0.25, 0.3) is 0 Å². The third-order valence-electron chi connectivity index (χ3n) is 6.22. The van der Waals surface area contributed by atoms with E-state index in [1.807, 2.05) is 36.4 Å². The SMILES string of the molecule is Cl.Cl.Cn1cncc1C(OCc1ccc(C(F)(F)F)c(F)c1)c1ccc(C#N)c(-c2ccc3ccccc3n2)c1. The predicted octanol–water partition coefficient (Wildman–Crippen LogP) is 7.81. The van der Waals surface area contributed by atoms with E-state index in [9.17, 15) is 22.8 Å². The van der Waals surface area contributed by atoms with Crippen LogP contribution in [0.25, 0.3) is 22.2 Å². The molecule has 0 aliphatic rings. The molecule has 0 saturated carbocycles. The maximum atomic E-state index is 14.1. The molecule has 3 aromatic carbocycles. The number of benzene rings is 3. The molecular weight excluding hydrogens is 567 g/mol. The molecule has 40 heavy (non-hydrogen) atoms. The molecule has 206 valence electrons. The molecule has 1 unspecified atom stereocenters. The van der Waals surface area contributed by atoms with Crippen molar-refractivity contribution in [2.45, 2.75) is 18.9 Å². The molecule has 5 rings (SSSR count). The van der Waals surface area contributed by atoms with Gasteiger partial charge in [-0.05, 0) is 47.5 Å². The van der Waals surface area contributed by atoms with Crippen LogP contribution in [0.15, 0.2) is 85.3 Å². The molecular formula is C29H22Cl2F4N4O. The highest BCUT2D eigenvalue weighted by Gasteiger charge is 2.34. The van der Waals surface area contributed by atoms with Gasteiger partial charge >= 0.3 is 6.18 Å². The summed E-state index contributed by atoms with van der Waals surface area (Å²) in [6, 6.07) is 21.6. The van der Waals surface area contributed by atoms with Crippen molar-refractivity contribution in [1.82, 2.24) is 14.5 Å². The van der Waals surface area contributed by atoms with Crippen LogP contribution in [0, 0.1) is 17.1 Å². The van der Waals surface area contributed by atoms with Gasteiger partial charge in [0.15, 0.2) is 0 Å². The predicted molar refractivity (Wildman–Crippen MR) is 148 cm³/mol. The van der Waals surface area contributed by atoms with E-state index in [1.54, 1.807) is 42.3 Å². The van der Waals surface area contributed by atoms with Gasteiger partial charge in [-0.1, -0.05) is 36.4 Å². The molecule has 0 bridgehead atoms. The zero-order chi connectivity index (χ0) is 26.9. The number of rotatable bonds is 6. The van der Waals surface area contributed by atoms with Crippen LogP contribution in [-0.4, -0.2) is 14.5 Å². The van der Waals surface area contributed by atoms with Crippen LogP contribution in [0.4, 0.5) is 17.6 Å². The van der Waals surface area contributed by atoms with Gasteiger partial charge in [-0.15, -0.1) is 24.8 Å². The summed E-state index contributed by atoms with van der Waals surface area (Å²) in [5.74, 6) is -1.36. The van der Waals surface area contributed by atoms with E-state index in [4.69, 9.17) is 9.72 Å².